The standard InChI is InChI=1S/C23H25F2N3O3/c1-15(2)13-16-3-8-20(19(25)14-16)26-21(29)23(31)28-11-9-27(10-12-28)22(30)17-4-6-18(24)7-5-17/h3-8,14-15H,9-13H2,1-2H3,(H,26,29). The van der Waals surface area contributed by atoms with Gasteiger partial charge in [-0.2, -0.15) is 0 Å². The van der Waals surface area contributed by atoms with Crippen LogP contribution in [0.25, 0.3) is 0 Å². The van der Waals surface area contributed by atoms with Gasteiger partial charge in [-0.3, -0.25) is 14.4 Å². The van der Waals surface area contributed by atoms with E-state index in [2.05, 4.69) is 5.32 Å². The summed E-state index contributed by atoms with van der Waals surface area (Å²) < 4.78 is 27.3. The van der Waals surface area contributed by atoms with Gasteiger partial charge in [0, 0.05) is 31.7 Å². The van der Waals surface area contributed by atoms with Gasteiger partial charge < -0.3 is 15.1 Å². The Hall–Kier alpha value is -3.29. The van der Waals surface area contributed by atoms with Crippen LogP contribution in [0.4, 0.5) is 14.5 Å². The maximum atomic E-state index is 14.3. The Morgan fingerprint density at radius 1 is 0.935 bits per heavy atom. The molecular weight excluding hydrogens is 404 g/mol. The van der Waals surface area contributed by atoms with Crippen molar-refractivity contribution in [2.45, 2.75) is 20.3 Å². The lowest BCUT2D eigenvalue weighted by Gasteiger charge is -2.34. The zero-order valence-electron chi connectivity index (χ0n) is 17.5. The van der Waals surface area contributed by atoms with Crippen LogP contribution in [0.5, 0.6) is 0 Å². The Balaban J connectivity index is 1.55. The molecule has 0 radical (unpaired) electrons. The summed E-state index contributed by atoms with van der Waals surface area (Å²) in [5.41, 5.74) is 1.13. The molecule has 3 amide bonds. The fourth-order valence-corrected chi connectivity index (χ4v) is 3.47. The summed E-state index contributed by atoms with van der Waals surface area (Å²) in [5.74, 6) is -2.61. The monoisotopic (exact) mass is 429 g/mol. The Morgan fingerprint density at radius 2 is 1.55 bits per heavy atom. The molecule has 0 aliphatic carbocycles. The van der Waals surface area contributed by atoms with E-state index >= 15 is 0 Å². The number of amides is 3. The van der Waals surface area contributed by atoms with Crippen molar-refractivity contribution < 1.29 is 23.2 Å². The number of carbonyl (C=O) groups excluding carboxylic acids is 3. The predicted molar refractivity (Wildman–Crippen MR) is 112 cm³/mol. The minimum Gasteiger partial charge on any atom is -0.335 e. The van der Waals surface area contributed by atoms with E-state index in [1.165, 1.54) is 41.3 Å². The fraction of sp³-hybridized carbons (Fsp3) is 0.348. The number of rotatable bonds is 4. The summed E-state index contributed by atoms with van der Waals surface area (Å²) in [7, 11) is 0. The Bertz CT molecular complexity index is 969. The summed E-state index contributed by atoms with van der Waals surface area (Å²) >= 11 is 0. The van der Waals surface area contributed by atoms with E-state index in [-0.39, 0.29) is 37.8 Å². The van der Waals surface area contributed by atoms with Crippen molar-refractivity contribution in [3.63, 3.8) is 0 Å². The molecule has 0 aromatic heterocycles. The van der Waals surface area contributed by atoms with E-state index in [9.17, 15) is 23.2 Å². The van der Waals surface area contributed by atoms with Crippen molar-refractivity contribution in [1.82, 2.24) is 9.80 Å². The first-order chi connectivity index (χ1) is 14.7. The largest absolute Gasteiger partial charge is 0.335 e. The molecule has 1 aliphatic rings. The van der Waals surface area contributed by atoms with Gasteiger partial charge in [-0.25, -0.2) is 8.78 Å². The SMILES string of the molecule is CC(C)Cc1ccc(NC(=O)C(=O)N2CCN(C(=O)c3ccc(F)cc3)CC2)c(F)c1. The molecular formula is C23H25F2N3O3. The molecule has 2 aromatic rings. The Morgan fingerprint density at radius 3 is 2.13 bits per heavy atom. The van der Waals surface area contributed by atoms with E-state index < -0.39 is 23.4 Å². The number of nitrogens with one attached hydrogen (secondary N) is 1. The van der Waals surface area contributed by atoms with Crippen molar-refractivity contribution in [2.24, 2.45) is 5.92 Å². The number of nitrogens with zero attached hydrogens (tertiary/aromatic N) is 2. The molecule has 1 saturated heterocycles. The van der Waals surface area contributed by atoms with Crippen LogP contribution in [0.15, 0.2) is 42.5 Å². The fourth-order valence-electron chi connectivity index (χ4n) is 3.47. The van der Waals surface area contributed by atoms with Crippen molar-refractivity contribution in [1.29, 1.82) is 0 Å². The Labute approximate surface area is 179 Å². The van der Waals surface area contributed by atoms with Crippen LogP contribution in [0.2, 0.25) is 0 Å². The number of piperazine rings is 1. The van der Waals surface area contributed by atoms with Crippen molar-refractivity contribution >= 4 is 23.4 Å². The molecule has 2 aromatic carbocycles. The first-order valence-corrected chi connectivity index (χ1v) is 10.2. The van der Waals surface area contributed by atoms with Crippen LogP contribution in [0, 0.1) is 17.6 Å². The Kier molecular flexibility index (Phi) is 6.99. The lowest BCUT2D eigenvalue weighted by molar-refractivity contribution is -0.144. The zero-order chi connectivity index (χ0) is 22.5. The molecule has 1 fully saturated rings. The van der Waals surface area contributed by atoms with Crippen molar-refractivity contribution in [3.8, 4) is 0 Å². The van der Waals surface area contributed by atoms with Gasteiger partial charge in [0.15, 0.2) is 0 Å². The van der Waals surface area contributed by atoms with Crippen LogP contribution in [-0.2, 0) is 16.0 Å². The van der Waals surface area contributed by atoms with Gasteiger partial charge in [-0.1, -0.05) is 19.9 Å². The molecule has 1 aliphatic heterocycles. The van der Waals surface area contributed by atoms with Gasteiger partial charge in [-0.05, 0) is 54.3 Å². The quantitative estimate of drug-likeness (QED) is 0.760. The molecule has 0 saturated carbocycles. The van der Waals surface area contributed by atoms with E-state index in [4.69, 9.17) is 0 Å². The van der Waals surface area contributed by atoms with Crippen LogP contribution in [-0.4, -0.2) is 53.7 Å². The van der Waals surface area contributed by atoms with E-state index in [1.54, 1.807) is 11.0 Å². The zero-order valence-corrected chi connectivity index (χ0v) is 17.5. The minimum atomic E-state index is -0.922. The number of benzene rings is 2. The first-order valence-electron chi connectivity index (χ1n) is 10.2. The summed E-state index contributed by atoms with van der Waals surface area (Å²) in [4.78, 5) is 40.1. The average Bonchev–Trinajstić information content (AvgIpc) is 2.75. The molecule has 6 nitrogen and oxygen atoms in total. The molecule has 0 spiro atoms. The van der Waals surface area contributed by atoms with Crippen molar-refractivity contribution in [3.05, 3.63) is 65.2 Å². The third kappa shape index (κ3) is 5.65. The minimum absolute atomic E-state index is 0.0454. The van der Waals surface area contributed by atoms with E-state index in [1.807, 2.05) is 13.8 Å². The third-order valence-electron chi connectivity index (χ3n) is 5.07. The lowest BCUT2D eigenvalue weighted by Crippen LogP contribution is -2.53. The summed E-state index contributed by atoms with van der Waals surface area (Å²) in [5, 5.41) is 2.33. The van der Waals surface area contributed by atoms with Gasteiger partial charge >= 0.3 is 11.8 Å². The smallest absolute Gasteiger partial charge is 0.313 e. The number of hydrogen-bond acceptors (Lipinski definition) is 3. The summed E-state index contributed by atoms with van der Waals surface area (Å²) in [6.45, 7) is 4.89. The highest BCUT2D eigenvalue weighted by molar-refractivity contribution is 6.39. The highest BCUT2D eigenvalue weighted by Gasteiger charge is 2.28. The molecule has 8 heteroatoms. The van der Waals surface area contributed by atoms with Crippen molar-refractivity contribution in [2.75, 3.05) is 31.5 Å². The molecule has 31 heavy (non-hydrogen) atoms. The summed E-state index contributed by atoms with van der Waals surface area (Å²) in [6.07, 6.45) is 0.713. The second-order valence-corrected chi connectivity index (χ2v) is 7.96. The molecule has 0 atom stereocenters. The number of anilines is 1. The maximum Gasteiger partial charge on any atom is 0.313 e. The van der Waals surface area contributed by atoms with Gasteiger partial charge in [-0.15, -0.1) is 0 Å². The summed E-state index contributed by atoms with van der Waals surface area (Å²) in [6, 6.07) is 9.78. The van der Waals surface area contributed by atoms with Crippen LogP contribution >= 0.6 is 0 Å². The van der Waals surface area contributed by atoms with E-state index in [0.717, 1.165) is 5.56 Å². The highest BCUT2D eigenvalue weighted by Crippen LogP contribution is 2.18. The van der Waals surface area contributed by atoms with Crippen LogP contribution < -0.4 is 5.32 Å². The number of carbonyl (C=O) groups is 3. The number of hydrogen-bond donors (Lipinski definition) is 1. The molecule has 164 valence electrons. The average molecular weight is 429 g/mol. The maximum absolute atomic E-state index is 14.3. The van der Waals surface area contributed by atoms with E-state index in [0.29, 0.717) is 17.9 Å². The lowest BCUT2D eigenvalue weighted by atomic mass is 10.0. The van der Waals surface area contributed by atoms with Crippen LogP contribution in [0.1, 0.15) is 29.8 Å². The second kappa shape index (κ2) is 9.68. The highest BCUT2D eigenvalue weighted by atomic mass is 19.1. The van der Waals surface area contributed by atoms with Gasteiger partial charge in [0.25, 0.3) is 5.91 Å². The second-order valence-electron chi connectivity index (χ2n) is 7.96. The van der Waals surface area contributed by atoms with Crippen LogP contribution in [0.3, 0.4) is 0 Å². The molecule has 1 N–H and O–H groups in total. The normalized spacial score (nSPS) is 14.0. The molecule has 1 heterocycles. The predicted octanol–water partition coefficient (Wildman–Crippen LogP) is 3.09. The topological polar surface area (TPSA) is 69.7 Å². The first kappa shape index (κ1) is 22.4. The van der Waals surface area contributed by atoms with Gasteiger partial charge in [0.05, 0.1) is 5.69 Å². The molecule has 0 unspecified atom stereocenters. The third-order valence-corrected chi connectivity index (χ3v) is 5.07. The number of halogens is 2. The molecule has 3 rings (SSSR count). The van der Waals surface area contributed by atoms with Gasteiger partial charge in [0.1, 0.15) is 11.6 Å². The van der Waals surface area contributed by atoms with Gasteiger partial charge in [0.2, 0.25) is 0 Å². The molecule has 0 bridgehead atoms.